The third-order valence-corrected chi connectivity index (χ3v) is 5.70. The molecular weight excluding hydrogens is 352 g/mol. The standard InChI is InChI=1S/C19H23ClN4O2/c1-23-12-21-22-18(23)14-3-2-9-24(11-14)19(25)16-8-10-26-17(16)13-4-6-15(20)7-5-13/h4-7,12,14,16-17H,2-3,8-11H2,1H3/t14?,16-,17+/m1/s1. The Labute approximate surface area is 158 Å². The number of carbonyl (C=O) groups excluding carboxylic acids is 1. The molecule has 7 heteroatoms. The maximum Gasteiger partial charge on any atom is 0.228 e. The van der Waals surface area contributed by atoms with E-state index in [1.54, 1.807) is 6.33 Å². The van der Waals surface area contributed by atoms with Gasteiger partial charge in [-0.3, -0.25) is 4.79 Å². The largest absolute Gasteiger partial charge is 0.373 e. The number of nitrogens with zero attached hydrogens (tertiary/aromatic N) is 4. The predicted molar refractivity (Wildman–Crippen MR) is 97.8 cm³/mol. The maximum absolute atomic E-state index is 13.2. The van der Waals surface area contributed by atoms with E-state index >= 15 is 0 Å². The van der Waals surface area contributed by atoms with Gasteiger partial charge in [0.25, 0.3) is 0 Å². The van der Waals surface area contributed by atoms with Gasteiger partial charge in [-0.2, -0.15) is 0 Å². The summed E-state index contributed by atoms with van der Waals surface area (Å²) in [5, 5.41) is 8.91. The second kappa shape index (κ2) is 7.37. The Morgan fingerprint density at radius 2 is 2.08 bits per heavy atom. The maximum atomic E-state index is 13.2. The highest BCUT2D eigenvalue weighted by molar-refractivity contribution is 6.30. The lowest BCUT2D eigenvalue weighted by Crippen LogP contribution is -2.43. The van der Waals surface area contributed by atoms with Crippen LogP contribution in [0, 0.1) is 5.92 Å². The highest BCUT2D eigenvalue weighted by atomic mass is 35.5. The Hall–Kier alpha value is -1.92. The van der Waals surface area contributed by atoms with Crippen molar-refractivity contribution < 1.29 is 9.53 Å². The number of aryl methyl sites for hydroxylation is 1. The summed E-state index contributed by atoms with van der Waals surface area (Å²) >= 11 is 5.99. The van der Waals surface area contributed by atoms with Crippen LogP contribution in [0.3, 0.4) is 0 Å². The molecule has 3 atom stereocenters. The summed E-state index contributed by atoms with van der Waals surface area (Å²) in [5.74, 6) is 1.26. The summed E-state index contributed by atoms with van der Waals surface area (Å²) in [6.45, 7) is 2.12. The lowest BCUT2D eigenvalue weighted by atomic mass is 9.91. The zero-order chi connectivity index (χ0) is 18.1. The van der Waals surface area contributed by atoms with E-state index in [0.717, 1.165) is 37.2 Å². The van der Waals surface area contributed by atoms with E-state index in [4.69, 9.17) is 16.3 Å². The molecule has 0 radical (unpaired) electrons. The van der Waals surface area contributed by atoms with Gasteiger partial charge in [-0.1, -0.05) is 23.7 Å². The number of likely N-dealkylation sites (tertiary alicyclic amines) is 1. The third-order valence-electron chi connectivity index (χ3n) is 5.45. The SMILES string of the molecule is Cn1cnnc1C1CCCN(C(=O)[C@@H]2CCO[C@H]2c2ccc(Cl)cc2)C1. The fourth-order valence-electron chi connectivity index (χ4n) is 4.11. The van der Waals surface area contributed by atoms with Gasteiger partial charge >= 0.3 is 0 Å². The molecule has 138 valence electrons. The average Bonchev–Trinajstić information content (AvgIpc) is 3.31. The van der Waals surface area contributed by atoms with Crippen LogP contribution in [0.1, 0.15) is 42.7 Å². The van der Waals surface area contributed by atoms with Crippen molar-refractivity contribution in [1.29, 1.82) is 0 Å². The Bertz CT molecular complexity index is 776. The number of aromatic nitrogens is 3. The molecule has 2 aliphatic rings. The van der Waals surface area contributed by atoms with Crippen LogP contribution in [0.5, 0.6) is 0 Å². The van der Waals surface area contributed by atoms with Gasteiger partial charge in [0.1, 0.15) is 12.2 Å². The first-order valence-corrected chi connectivity index (χ1v) is 9.51. The molecule has 2 fully saturated rings. The molecule has 1 aromatic carbocycles. The Morgan fingerprint density at radius 3 is 2.81 bits per heavy atom. The van der Waals surface area contributed by atoms with Crippen molar-refractivity contribution in [3.05, 3.63) is 47.0 Å². The van der Waals surface area contributed by atoms with E-state index in [-0.39, 0.29) is 23.8 Å². The van der Waals surface area contributed by atoms with E-state index in [9.17, 15) is 4.79 Å². The number of hydrogen-bond donors (Lipinski definition) is 0. The second-order valence-electron chi connectivity index (χ2n) is 7.16. The minimum absolute atomic E-state index is 0.130. The fraction of sp³-hybridized carbons (Fsp3) is 0.526. The minimum atomic E-state index is -0.185. The highest BCUT2D eigenvalue weighted by Gasteiger charge is 2.39. The fourth-order valence-corrected chi connectivity index (χ4v) is 4.23. The minimum Gasteiger partial charge on any atom is -0.373 e. The number of piperidine rings is 1. The topological polar surface area (TPSA) is 60.2 Å². The third kappa shape index (κ3) is 3.35. The van der Waals surface area contributed by atoms with Crippen molar-refractivity contribution in [1.82, 2.24) is 19.7 Å². The van der Waals surface area contributed by atoms with Crippen molar-refractivity contribution in [3.63, 3.8) is 0 Å². The molecule has 0 spiro atoms. The van der Waals surface area contributed by atoms with Crippen LogP contribution < -0.4 is 0 Å². The van der Waals surface area contributed by atoms with E-state index in [1.165, 1.54) is 0 Å². The number of benzene rings is 1. The summed E-state index contributed by atoms with van der Waals surface area (Å²) in [5.41, 5.74) is 1.02. The quantitative estimate of drug-likeness (QED) is 0.828. The first kappa shape index (κ1) is 17.5. The summed E-state index contributed by atoms with van der Waals surface area (Å²) in [6, 6.07) is 7.62. The van der Waals surface area contributed by atoms with Crippen LogP contribution in [0.2, 0.25) is 5.02 Å². The van der Waals surface area contributed by atoms with Gasteiger partial charge in [0, 0.05) is 37.7 Å². The van der Waals surface area contributed by atoms with Crippen molar-refractivity contribution in [2.24, 2.45) is 13.0 Å². The Balaban J connectivity index is 1.49. The molecule has 2 aromatic rings. The van der Waals surface area contributed by atoms with Crippen LogP contribution in [-0.2, 0) is 16.6 Å². The molecule has 0 aliphatic carbocycles. The lowest BCUT2D eigenvalue weighted by molar-refractivity contribution is -0.138. The van der Waals surface area contributed by atoms with E-state index < -0.39 is 0 Å². The molecule has 6 nitrogen and oxygen atoms in total. The van der Waals surface area contributed by atoms with Gasteiger partial charge in [-0.25, -0.2) is 0 Å². The molecule has 2 aliphatic heterocycles. The number of amides is 1. The van der Waals surface area contributed by atoms with E-state index in [2.05, 4.69) is 10.2 Å². The molecule has 2 saturated heterocycles. The number of carbonyl (C=O) groups is 1. The van der Waals surface area contributed by atoms with Crippen LogP contribution in [0.15, 0.2) is 30.6 Å². The summed E-state index contributed by atoms with van der Waals surface area (Å²) in [6.07, 6.45) is 4.32. The average molecular weight is 375 g/mol. The highest BCUT2D eigenvalue weighted by Crippen LogP contribution is 2.37. The molecule has 1 amide bonds. The number of rotatable bonds is 3. The van der Waals surface area contributed by atoms with Gasteiger partial charge in [0.2, 0.25) is 5.91 Å². The van der Waals surface area contributed by atoms with Crippen LogP contribution >= 0.6 is 11.6 Å². The summed E-state index contributed by atoms with van der Waals surface area (Å²) < 4.78 is 7.86. The molecule has 1 unspecified atom stereocenters. The Morgan fingerprint density at radius 1 is 1.27 bits per heavy atom. The molecule has 26 heavy (non-hydrogen) atoms. The van der Waals surface area contributed by atoms with Gasteiger partial charge < -0.3 is 14.2 Å². The monoisotopic (exact) mass is 374 g/mol. The van der Waals surface area contributed by atoms with E-state index in [1.807, 2.05) is 40.8 Å². The zero-order valence-corrected chi connectivity index (χ0v) is 15.6. The van der Waals surface area contributed by atoms with Crippen molar-refractivity contribution in [2.45, 2.75) is 31.3 Å². The lowest BCUT2D eigenvalue weighted by Gasteiger charge is -2.34. The summed E-state index contributed by atoms with van der Waals surface area (Å²) in [7, 11) is 1.96. The van der Waals surface area contributed by atoms with E-state index in [0.29, 0.717) is 18.2 Å². The smallest absolute Gasteiger partial charge is 0.228 e. The first-order chi connectivity index (χ1) is 12.6. The van der Waals surface area contributed by atoms with Crippen molar-refractivity contribution in [2.75, 3.05) is 19.7 Å². The molecule has 0 bridgehead atoms. The number of halogens is 1. The molecule has 0 saturated carbocycles. The zero-order valence-electron chi connectivity index (χ0n) is 14.8. The van der Waals surface area contributed by atoms with Crippen molar-refractivity contribution >= 4 is 17.5 Å². The van der Waals surface area contributed by atoms with Crippen LogP contribution in [-0.4, -0.2) is 45.3 Å². The Kier molecular flexibility index (Phi) is 4.96. The summed E-state index contributed by atoms with van der Waals surface area (Å²) in [4.78, 5) is 15.2. The number of ether oxygens (including phenoxy) is 1. The van der Waals surface area contributed by atoms with Crippen molar-refractivity contribution in [3.8, 4) is 0 Å². The normalized spacial score (nSPS) is 26.2. The van der Waals surface area contributed by atoms with Crippen LogP contribution in [0.25, 0.3) is 0 Å². The van der Waals surface area contributed by atoms with Gasteiger partial charge in [-0.15, -0.1) is 10.2 Å². The van der Waals surface area contributed by atoms with Crippen LogP contribution in [0.4, 0.5) is 0 Å². The molecular formula is C19H23ClN4O2. The number of hydrogen-bond acceptors (Lipinski definition) is 4. The van der Waals surface area contributed by atoms with Gasteiger partial charge in [-0.05, 0) is 37.0 Å². The molecule has 1 aromatic heterocycles. The second-order valence-corrected chi connectivity index (χ2v) is 7.60. The van der Waals surface area contributed by atoms with Gasteiger partial charge in [0.05, 0.1) is 12.0 Å². The molecule has 0 N–H and O–H groups in total. The first-order valence-electron chi connectivity index (χ1n) is 9.13. The molecule has 3 heterocycles. The predicted octanol–water partition coefficient (Wildman–Crippen LogP) is 2.95. The molecule has 4 rings (SSSR count). The van der Waals surface area contributed by atoms with Gasteiger partial charge in [0.15, 0.2) is 0 Å².